The van der Waals surface area contributed by atoms with Gasteiger partial charge in [0.15, 0.2) is 0 Å². The molecule has 0 bridgehead atoms. The van der Waals surface area contributed by atoms with Gasteiger partial charge in [0.25, 0.3) is 5.56 Å². The van der Waals surface area contributed by atoms with Crippen molar-refractivity contribution in [2.75, 3.05) is 25.0 Å². The Morgan fingerprint density at radius 3 is 2.70 bits per heavy atom. The summed E-state index contributed by atoms with van der Waals surface area (Å²) < 4.78 is 1.39. The molecule has 0 aromatic carbocycles. The average Bonchev–Trinajstić information content (AvgIpc) is 2.49. The maximum absolute atomic E-state index is 12.0. The van der Waals surface area contributed by atoms with E-state index in [4.69, 9.17) is 11.6 Å². The molecule has 0 aliphatic carbocycles. The molecule has 112 valence electrons. The number of nitrogens with zero attached hydrogens (tertiary/aromatic N) is 3. The molecule has 1 N–H and O–H groups in total. The second-order valence-electron chi connectivity index (χ2n) is 5.37. The number of anilines is 1. The van der Waals surface area contributed by atoms with E-state index in [0.29, 0.717) is 23.5 Å². The van der Waals surface area contributed by atoms with Crippen LogP contribution in [0.3, 0.4) is 0 Å². The van der Waals surface area contributed by atoms with E-state index in [2.05, 4.69) is 22.2 Å². The standard InChI is InChI=1S/C14H23ClN4O/c1-4-19-14(20)13(15)12(9-17-19)18-7-5-11(6-8-18)10(2)16-3/h9-11,16H,4-8H2,1-3H3. The third-order valence-corrected chi connectivity index (χ3v) is 4.66. The topological polar surface area (TPSA) is 50.2 Å². The highest BCUT2D eigenvalue weighted by Gasteiger charge is 2.25. The number of aryl methyl sites for hydroxylation is 1. The predicted octanol–water partition coefficient (Wildman–Crippen LogP) is 1.74. The Bertz CT molecular complexity index is 508. The monoisotopic (exact) mass is 298 g/mol. The first-order valence-electron chi connectivity index (χ1n) is 7.26. The molecule has 1 saturated heterocycles. The van der Waals surface area contributed by atoms with Gasteiger partial charge in [-0.15, -0.1) is 0 Å². The van der Waals surface area contributed by atoms with Gasteiger partial charge >= 0.3 is 0 Å². The second-order valence-corrected chi connectivity index (χ2v) is 5.74. The smallest absolute Gasteiger partial charge is 0.287 e. The van der Waals surface area contributed by atoms with Crippen LogP contribution in [-0.4, -0.2) is 36.0 Å². The molecule has 1 aliphatic rings. The number of rotatable bonds is 4. The molecule has 0 spiro atoms. The summed E-state index contributed by atoms with van der Waals surface area (Å²) in [5, 5.41) is 7.78. The number of nitrogens with one attached hydrogen (secondary N) is 1. The zero-order valence-corrected chi connectivity index (χ0v) is 13.2. The Morgan fingerprint density at radius 1 is 1.50 bits per heavy atom. The molecule has 5 nitrogen and oxygen atoms in total. The maximum atomic E-state index is 12.0. The summed E-state index contributed by atoms with van der Waals surface area (Å²) in [6, 6.07) is 0.527. The lowest BCUT2D eigenvalue weighted by molar-refractivity contribution is 0.323. The number of hydrogen-bond acceptors (Lipinski definition) is 4. The van der Waals surface area contributed by atoms with Gasteiger partial charge in [-0.05, 0) is 39.7 Å². The van der Waals surface area contributed by atoms with Crippen molar-refractivity contribution in [3.63, 3.8) is 0 Å². The van der Waals surface area contributed by atoms with Gasteiger partial charge in [-0.1, -0.05) is 11.6 Å². The van der Waals surface area contributed by atoms with Crippen molar-refractivity contribution in [3.8, 4) is 0 Å². The molecule has 0 radical (unpaired) electrons. The minimum Gasteiger partial charge on any atom is -0.369 e. The molecule has 2 heterocycles. The Hall–Kier alpha value is -1.07. The fourth-order valence-electron chi connectivity index (χ4n) is 2.78. The first-order valence-corrected chi connectivity index (χ1v) is 7.64. The van der Waals surface area contributed by atoms with E-state index in [0.717, 1.165) is 31.6 Å². The molecule has 1 atom stereocenters. The first kappa shape index (κ1) is 15.3. The minimum atomic E-state index is -0.197. The largest absolute Gasteiger partial charge is 0.369 e. The molecule has 1 aromatic rings. The number of halogens is 1. The molecule has 2 rings (SSSR count). The molecule has 0 amide bonds. The quantitative estimate of drug-likeness (QED) is 0.920. The molecule has 6 heteroatoms. The zero-order chi connectivity index (χ0) is 14.7. The van der Waals surface area contributed by atoms with Crippen molar-refractivity contribution < 1.29 is 0 Å². The lowest BCUT2D eigenvalue weighted by Gasteiger charge is -2.36. The van der Waals surface area contributed by atoms with Gasteiger partial charge in [-0.25, -0.2) is 4.68 Å². The fraction of sp³-hybridized carbons (Fsp3) is 0.714. The lowest BCUT2D eigenvalue weighted by atomic mass is 9.90. The molecule has 0 saturated carbocycles. The summed E-state index contributed by atoms with van der Waals surface area (Å²) >= 11 is 6.21. The van der Waals surface area contributed by atoms with E-state index in [1.807, 2.05) is 14.0 Å². The van der Waals surface area contributed by atoms with Crippen LogP contribution < -0.4 is 15.8 Å². The van der Waals surface area contributed by atoms with Crippen molar-refractivity contribution in [2.24, 2.45) is 5.92 Å². The summed E-state index contributed by atoms with van der Waals surface area (Å²) in [6.45, 7) is 6.49. The third kappa shape index (κ3) is 2.99. The van der Waals surface area contributed by atoms with Gasteiger partial charge in [0, 0.05) is 25.7 Å². The van der Waals surface area contributed by atoms with Crippen LogP contribution in [0.5, 0.6) is 0 Å². The summed E-state index contributed by atoms with van der Waals surface area (Å²) in [7, 11) is 2.00. The van der Waals surface area contributed by atoms with Crippen LogP contribution >= 0.6 is 11.6 Å². The highest BCUT2D eigenvalue weighted by Crippen LogP contribution is 2.27. The highest BCUT2D eigenvalue weighted by molar-refractivity contribution is 6.33. The Labute approximate surface area is 124 Å². The van der Waals surface area contributed by atoms with Gasteiger partial charge < -0.3 is 10.2 Å². The van der Waals surface area contributed by atoms with Gasteiger partial charge in [-0.2, -0.15) is 5.10 Å². The van der Waals surface area contributed by atoms with E-state index in [1.165, 1.54) is 4.68 Å². The molecule has 1 fully saturated rings. The predicted molar refractivity (Wildman–Crippen MR) is 82.6 cm³/mol. The van der Waals surface area contributed by atoms with Crippen LogP contribution in [-0.2, 0) is 6.54 Å². The van der Waals surface area contributed by atoms with Crippen molar-refractivity contribution >= 4 is 17.3 Å². The lowest BCUT2D eigenvalue weighted by Crippen LogP contribution is -2.41. The summed E-state index contributed by atoms with van der Waals surface area (Å²) in [6.07, 6.45) is 3.93. The van der Waals surface area contributed by atoms with Gasteiger partial charge in [-0.3, -0.25) is 4.79 Å². The minimum absolute atomic E-state index is 0.197. The molecule has 1 aliphatic heterocycles. The Kier molecular flexibility index (Phi) is 5.05. The Morgan fingerprint density at radius 2 is 2.15 bits per heavy atom. The van der Waals surface area contributed by atoms with Crippen molar-refractivity contribution in [2.45, 2.75) is 39.3 Å². The van der Waals surface area contributed by atoms with Crippen LogP contribution in [0.2, 0.25) is 5.02 Å². The zero-order valence-electron chi connectivity index (χ0n) is 12.4. The van der Waals surface area contributed by atoms with Gasteiger partial charge in [0.2, 0.25) is 0 Å². The van der Waals surface area contributed by atoms with E-state index in [1.54, 1.807) is 6.20 Å². The highest BCUT2D eigenvalue weighted by atomic mass is 35.5. The van der Waals surface area contributed by atoms with E-state index in [9.17, 15) is 4.79 Å². The van der Waals surface area contributed by atoms with Gasteiger partial charge in [0.1, 0.15) is 5.02 Å². The van der Waals surface area contributed by atoms with Crippen molar-refractivity contribution in [1.82, 2.24) is 15.1 Å². The average molecular weight is 299 g/mol. The van der Waals surface area contributed by atoms with Gasteiger partial charge in [0.05, 0.1) is 11.9 Å². The second kappa shape index (κ2) is 6.59. The third-order valence-electron chi connectivity index (χ3n) is 4.31. The molecular weight excluding hydrogens is 276 g/mol. The van der Waals surface area contributed by atoms with Crippen LogP contribution in [0, 0.1) is 5.92 Å². The normalized spacial score (nSPS) is 18.3. The number of aromatic nitrogens is 2. The molecule has 1 aromatic heterocycles. The maximum Gasteiger partial charge on any atom is 0.287 e. The summed E-state index contributed by atoms with van der Waals surface area (Å²) in [5.74, 6) is 0.680. The van der Waals surface area contributed by atoms with E-state index < -0.39 is 0 Å². The Balaban J connectivity index is 2.11. The van der Waals surface area contributed by atoms with E-state index >= 15 is 0 Å². The number of piperidine rings is 1. The van der Waals surface area contributed by atoms with Crippen molar-refractivity contribution in [1.29, 1.82) is 0 Å². The first-order chi connectivity index (χ1) is 9.58. The van der Waals surface area contributed by atoms with E-state index in [-0.39, 0.29) is 5.56 Å². The van der Waals surface area contributed by atoms with Crippen molar-refractivity contribution in [3.05, 3.63) is 21.6 Å². The molecule has 1 unspecified atom stereocenters. The van der Waals surface area contributed by atoms with Crippen LogP contribution in [0.4, 0.5) is 5.69 Å². The molecular formula is C14H23ClN4O. The molecule has 20 heavy (non-hydrogen) atoms. The van der Waals surface area contributed by atoms with Crippen LogP contribution in [0.1, 0.15) is 26.7 Å². The van der Waals surface area contributed by atoms with Crippen LogP contribution in [0.15, 0.2) is 11.0 Å². The SMILES string of the molecule is CCn1ncc(N2CCC(C(C)NC)CC2)c(Cl)c1=O. The number of hydrogen-bond donors (Lipinski definition) is 1. The summed E-state index contributed by atoms with van der Waals surface area (Å²) in [4.78, 5) is 14.2. The summed E-state index contributed by atoms with van der Waals surface area (Å²) in [5.41, 5.74) is 0.578. The van der Waals surface area contributed by atoms with Crippen LogP contribution in [0.25, 0.3) is 0 Å². The fourth-order valence-corrected chi connectivity index (χ4v) is 3.04.